The fraction of sp³-hybridized carbons (Fsp3) is 0. The van der Waals surface area contributed by atoms with Gasteiger partial charge >= 0.3 is 14.0 Å². The fourth-order valence-corrected chi connectivity index (χ4v) is 5.42. The molecule has 142 valence electrons. The van der Waals surface area contributed by atoms with E-state index in [-0.39, 0.29) is 5.52 Å². The third-order valence-corrected chi connectivity index (χ3v) is 7.09. The minimum absolute atomic E-state index is 0.319. The third kappa shape index (κ3) is 6.03. The number of benzene rings is 4. The predicted octanol–water partition coefficient (Wildman–Crippen LogP) is 5.30. The van der Waals surface area contributed by atoms with Crippen LogP contribution in [0.1, 0.15) is 10.4 Å². The molecule has 4 heteroatoms. The number of carbonyl (C=O) groups is 1. The van der Waals surface area contributed by atoms with Crippen LogP contribution in [-0.4, -0.2) is 5.52 Å². The summed E-state index contributed by atoms with van der Waals surface area (Å²) in [4.78, 5) is 10.7. The molecule has 0 bridgehead atoms. The van der Waals surface area contributed by atoms with Crippen molar-refractivity contribution in [2.75, 3.05) is 0 Å². The number of rotatable bonds is 5. The maximum absolute atomic E-state index is 10.7. The first kappa shape index (κ1) is 20.8. The third-order valence-electron chi connectivity index (χ3n) is 4.17. The molecule has 0 amide bonds. The van der Waals surface area contributed by atoms with Crippen molar-refractivity contribution < 1.29 is 9.36 Å². The first-order valence-electron chi connectivity index (χ1n) is 9.22. The van der Waals surface area contributed by atoms with E-state index < -0.39 is 16.4 Å². The molecular formula is C25H21O2P2+. The SMILES string of the molecule is O=[PH+]C(=O)c1ccccc1.c1ccc(P(c2ccccc2)c2ccccc2)cc1. The monoisotopic (exact) mass is 415 g/mol. The molecule has 0 heterocycles. The zero-order valence-corrected chi connectivity index (χ0v) is 17.7. The van der Waals surface area contributed by atoms with Crippen molar-refractivity contribution in [3.8, 4) is 0 Å². The molecule has 0 aliphatic rings. The summed E-state index contributed by atoms with van der Waals surface area (Å²) in [7, 11) is -1.33. The van der Waals surface area contributed by atoms with Gasteiger partial charge in [0.05, 0.1) is 5.56 Å². The van der Waals surface area contributed by atoms with Crippen molar-refractivity contribution in [1.82, 2.24) is 0 Å². The topological polar surface area (TPSA) is 34.1 Å². The van der Waals surface area contributed by atoms with Gasteiger partial charge < -0.3 is 0 Å². The van der Waals surface area contributed by atoms with Gasteiger partial charge in [0.1, 0.15) is 0 Å². The second-order valence-electron chi connectivity index (χ2n) is 6.14. The van der Waals surface area contributed by atoms with Crippen LogP contribution in [0.4, 0.5) is 0 Å². The summed E-state index contributed by atoms with van der Waals surface area (Å²) >= 11 is 0. The Morgan fingerprint density at radius 1 is 0.517 bits per heavy atom. The highest BCUT2D eigenvalue weighted by atomic mass is 31.1. The van der Waals surface area contributed by atoms with Crippen LogP contribution in [0.25, 0.3) is 0 Å². The molecule has 29 heavy (non-hydrogen) atoms. The van der Waals surface area contributed by atoms with Gasteiger partial charge in [-0.1, -0.05) is 114 Å². The standard InChI is InChI=1S/C18H15P.C7H5O2P/c1-4-10-16(11-5-1)19(17-12-6-2-7-13-17)18-14-8-3-9-15-18;8-7(10-9)6-4-2-1-3-5-6/h1-15H;1-5H/p+1. The summed E-state index contributed by atoms with van der Waals surface area (Å²) < 4.78 is 10.1. The maximum atomic E-state index is 10.7. The summed E-state index contributed by atoms with van der Waals surface area (Å²) in [5, 5.41) is 4.19. The molecule has 2 nitrogen and oxygen atoms in total. The predicted molar refractivity (Wildman–Crippen MR) is 125 cm³/mol. The maximum Gasteiger partial charge on any atom is 0.406 e. The highest BCUT2D eigenvalue weighted by molar-refractivity contribution is 7.79. The molecule has 0 N–H and O–H groups in total. The van der Waals surface area contributed by atoms with Gasteiger partial charge in [0.25, 0.3) is 0 Å². The van der Waals surface area contributed by atoms with Gasteiger partial charge in [-0.3, -0.25) is 0 Å². The average Bonchev–Trinajstić information content (AvgIpc) is 2.82. The van der Waals surface area contributed by atoms with E-state index in [1.165, 1.54) is 15.9 Å². The van der Waals surface area contributed by atoms with E-state index in [4.69, 9.17) is 0 Å². The lowest BCUT2D eigenvalue weighted by Crippen LogP contribution is -2.20. The molecule has 1 atom stereocenters. The first-order chi connectivity index (χ1) is 14.3. The van der Waals surface area contributed by atoms with Crippen LogP contribution < -0.4 is 15.9 Å². The van der Waals surface area contributed by atoms with E-state index in [0.29, 0.717) is 5.56 Å². The zero-order chi connectivity index (χ0) is 20.3. The van der Waals surface area contributed by atoms with E-state index in [9.17, 15) is 9.36 Å². The molecular weight excluding hydrogens is 394 g/mol. The van der Waals surface area contributed by atoms with E-state index in [0.717, 1.165) is 0 Å². The summed E-state index contributed by atoms with van der Waals surface area (Å²) in [6.07, 6.45) is 0. The Balaban J connectivity index is 0.000000204. The van der Waals surface area contributed by atoms with Gasteiger partial charge in [0.15, 0.2) is 0 Å². The van der Waals surface area contributed by atoms with Crippen LogP contribution in [0, 0.1) is 0 Å². The van der Waals surface area contributed by atoms with Gasteiger partial charge in [0, 0.05) is 0 Å². The second-order valence-corrected chi connectivity index (χ2v) is 9.02. The zero-order valence-electron chi connectivity index (χ0n) is 15.8. The molecule has 0 fully saturated rings. The van der Waals surface area contributed by atoms with Crippen LogP contribution in [0.2, 0.25) is 0 Å². The summed E-state index contributed by atoms with van der Waals surface area (Å²) in [5.41, 5.74) is 0.191. The molecule has 0 aliphatic heterocycles. The van der Waals surface area contributed by atoms with E-state index in [1.807, 2.05) is 6.07 Å². The Hall–Kier alpha value is -2.92. The van der Waals surface area contributed by atoms with Crippen molar-refractivity contribution in [2.45, 2.75) is 0 Å². The Labute approximate surface area is 174 Å². The van der Waals surface area contributed by atoms with Crippen molar-refractivity contribution in [3.63, 3.8) is 0 Å². The van der Waals surface area contributed by atoms with Gasteiger partial charge in [-0.15, -0.1) is 0 Å². The van der Waals surface area contributed by atoms with Crippen LogP contribution in [0.5, 0.6) is 0 Å². The average molecular weight is 415 g/mol. The van der Waals surface area contributed by atoms with Crippen LogP contribution in [0.15, 0.2) is 121 Å². The Morgan fingerprint density at radius 2 is 0.828 bits per heavy atom. The van der Waals surface area contributed by atoms with E-state index in [1.54, 1.807) is 24.3 Å². The second kappa shape index (κ2) is 11.2. The molecule has 0 saturated carbocycles. The number of hydrogen-bond donors (Lipinski definition) is 0. The number of hydrogen-bond acceptors (Lipinski definition) is 2. The largest absolute Gasteiger partial charge is 0.406 e. The molecule has 0 radical (unpaired) electrons. The lowest BCUT2D eigenvalue weighted by molar-refractivity contribution is 0.108. The van der Waals surface area contributed by atoms with Crippen LogP contribution in [0.3, 0.4) is 0 Å². The van der Waals surface area contributed by atoms with Crippen molar-refractivity contribution in [3.05, 3.63) is 127 Å². The summed E-state index contributed by atoms with van der Waals surface area (Å²) in [6.45, 7) is 0. The Bertz CT molecular complexity index is 927. The Morgan fingerprint density at radius 3 is 1.14 bits per heavy atom. The molecule has 0 spiro atoms. The van der Waals surface area contributed by atoms with E-state index in [2.05, 4.69) is 91.0 Å². The van der Waals surface area contributed by atoms with Crippen LogP contribution in [-0.2, 0) is 4.57 Å². The normalized spacial score (nSPS) is 10.2. The fourth-order valence-electron chi connectivity index (χ4n) is 2.83. The summed E-state index contributed by atoms with van der Waals surface area (Å²) in [6, 6.07) is 40.9. The molecule has 4 aromatic carbocycles. The molecule has 0 aliphatic carbocycles. The minimum Gasteiger partial charge on any atom is -0.234 e. The highest BCUT2D eigenvalue weighted by Crippen LogP contribution is 2.32. The van der Waals surface area contributed by atoms with Crippen molar-refractivity contribution in [1.29, 1.82) is 0 Å². The van der Waals surface area contributed by atoms with Gasteiger partial charge in [-0.2, -0.15) is 0 Å². The molecule has 4 aromatic rings. The lowest BCUT2D eigenvalue weighted by Gasteiger charge is -2.18. The lowest BCUT2D eigenvalue weighted by atomic mass is 10.2. The van der Waals surface area contributed by atoms with Crippen molar-refractivity contribution in [2.24, 2.45) is 0 Å². The smallest absolute Gasteiger partial charge is 0.234 e. The quantitative estimate of drug-likeness (QED) is 0.415. The van der Waals surface area contributed by atoms with Crippen LogP contribution >= 0.6 is 16.4 Å². The van der Waals surface area contributed by atoms with E-state index >= 15 is 0 Å². The van der Waals surface area contributed by atoms with Gasteiger partial charge in [-0.25, -0.2) is 4.79 Å². The summed E-state index contributed by atoms with van der Waals surface area (Å²) in [5.74, 6) is 0. The number of carbonyl (C=O) groups excluding carboxylic acids is 1. The van der Waals surface area contributed by atoms with Crippen molar-refractivity contribution >= 4 is 37.8 Å². The highest BCUT2D eigenvalue weighted by Gasteiger charge is 2.15. The first-order valence-corrected chi connectivity index (χ1v) is 11.5. The molecule has 0 saturated heterocycles. The minimum atomic E-state index is -0.880. The molecule has 0 aromatic heterocycles. The van der Waals surface area contributed by atoms with Gasteiger partial charge in [0.2, 0.25) is 0 Å². The molecule has 4 rings (SSSR count). The van der Waals surface area contributed by atoms with Gasteiger partial charge in [-0.05, 0) is 36.0 Å². The molecule has 1 unspecified atom stereocenters. The Kier molecular flexibility index (Phi) is 8.01.